The number of nitrogens with zero attached hydrogens (tertiary/aromatic N) is 4. The Balaban J connectivity index is 1.58. The molecule has 0 radical (unpaired) electrons. The first-order chi connectivity index (χ1) is 12.1. The van der Waals surface area contributed by atoms with Crippen molar-refractivity contribution in [1.82, 2.24) is 19.7 Å². The van der Waals surface area contributed by atoms with E-state index < -0.39 is 0 Å². The molecule has 0 aliphatic carbocycles. The third-order valence-electron chi connectivity index (χ3n) is 4.89. The van der Waals surface area contributed by atoms with Crippen molar-refractivity contribution in [2.45, 2.75) is 19.0 Å². The van der Waals surface area contributed by atoms with Crippen LogP contribution in [-0.4, -0.2) is 58.3 Å². The van der Waals surface area contributed by atoms with Crippen LogP contribution in [0.5, 0.6) is 0 Å². The molecule has 3 aromatic rings. The molecule has 1 aliphatic rings. The Morgan fingerprint density at radius 1 is 1.20 bits per heavy atom. The number of fused-ring (bicyclic) bond motifs is 3. The largest absolute Gasteiger partial charge is 0.370 e. The Labute approximate surface area is 151 Å². The lowest BCUT2D eigenvalue weighted by atomic mass is 10.1. The van der Waals surface area contributed by atoms with Gasteiger partial charge in [0.15, 0.2) is 5.65 Å². The Morgan fingerprint density at radius 2 is 2.00 bits per heavy atom. The Bertz CT molecular complexity index is 917. The lowest BCUT2D eigenvalue weighted by Gasteiger charge is -2.23. The summed E-state index contributed by atoms with van der Waals surface area (Å²) in [5, 5.41) is 10.8. The Kier molecular flexibility index (Phi) is 4.62. The zero-order valence-corrected chi connectivity index (χ0v) is 15.8. The monoisotopic (exact) mass is 358 g/mol. The van der Waals surface area contributed by atoms with Crippen LogP contribution in [0, 0.1) is 13.8 Å². The zero-order valence-electron chi connectivity index (χ0n) is 15.0. The lowest BCUT2D eigenvalue weighted by molar-refractivity contribution is -0.905. The quantitative estimate of drug-likeness (QED) is 0.709. The summed E-state index contributed by atoms with van der Waals surface area (Å²) in [5.41, 5.74) is 5.50. The van der Waals surface area contributed by atoms with E-state index in [-0.39, 0.29) is 0 Å². The summed E-state index contributed by atoms with van der Waals surface area (Å²) in [5.74, 6) is 1.00. The van der Waals surface area contributed by atoms with Crippen LogP contribution in [-0.2, 0) is 11.8 Å². The molecular formula is C18H24N5OS+. The minimum absolute atomic E-state index is 0.764. The van der Waals surface area contributed by atoms with E-state index in [4.69, 9.17) is 9.72 Å². The summed E-state index contributed by atoms with van der Waals surface area (Å²) in [6, 6.07) is 4.38. The number of aryl methyl sites for hydroxylation is 3. The number of rotatable bonds is 4. The van der Waals surface area contributed by atoms with Gasteiger partial charge in [0.1, 0.15) is 18.6 Å². The van der Waals surface area contributed by atoms with Gasteiger partial charge in [-0.15, -0.1) is 10.2 Å². The molecular weight excluding hydrogens is 334 g/mol. The lowest BCUT2D eigenvalue weighted by Crippen LogP contribution is -3.14. The molecule has 0 bridgehead atoms. The fourth-order valence-electron chi connectivity index (χ4n) is 3.66. The molecule has 0 unspecified atom stereocenters. The van der Waals surface area contributed by atoms with Crippen molar-refractivity contribution in [3.05, 3.63) is 23.3 Å². The van der Waals surface area contributed by atoms with Gasteiger partial charge in [-0.25, -0.2) is 4.98 Å². The van der Waals surface area contributed by atoms with E-state index >= 15 is 0 Å². The number of quaternary nitrogens is 1. The third-order valence-corrected chi connectivity index (χ3v) is 5.73. The van der Waals surface area contributed by atoms with Gasteiger partial charge < -0.3 is 14.2 Å². The summed E-state index contributed by atoms with van der Waals surface area (Å²) in [4.78, 5) is 6.38. The van der Waals surface area contributed by atoms with Crippen molar-refractivity contribution in [1.29, 1.82) is 0 Å². The molecule has 0 amide bonds. The van der Waals surface area contributed by atoms with Crippen LogP contribution in [0.15, 0.2) is 17.3 Å². The number of hydrogen-bond acceptors (Lipinski definition) is 5. The normalized spacial score (nSPS) is 16.1. The molecule has 3 heterocycles. The predicted molar refractivity (Wildman–Crippen MR) is 100 cm³/mol. The predicted octanol–water partition coefficient (Wildman–Crippen LogP) is 1.14. The molecule has 1 fully saturated rings. The summed E-state index contributed by atoms with van der Waals surface area (Å²) >= 11 is 1.70. The Hall–Kier alpha value is -1.70. The molecule has 4 rings (SSSR count). The van der Waals surface area contributed by atoms with Crippen LogP contribution in [0.4, 0.5) is 0 Å². The van der Waals surface area contributed by atoms with Gasteiger partial charge in [-0.3, -0.25) is 0 Å². The van der Waals surface area contributed by atoms with E-state index in [9.17, 15) is 0 Å². The first-order valence-electron chi connectivity index (χ1n) is 8.77. The molecule has 0 saturated carbocycles. The van der Waals surface area contributed by atoms with Gasteiger partial charge in [0.2, 0.25) is 5.16 Å². The van der Waals surface area contributed by atoms with E-state index in [1.807, 2.05) is 0 Å². The van der Waals surface area contributed by atoms with E-state index in [1.165, 1.54) is 16.6 Å². The van der Waals surface area contributed by atoms with Gasteiger partial charge in [-0.2, -0.15) is 0 Å². The standard InChI is InChI=1S/C18H23N5OS/c1-12-10-13(2)16-14(11-12)15-17(22(16)3)19-18(21-20-15)25-9-6-23-4-7-24-8-5-23/h10-11H,4-9H2,1-3H3/p+1. The fourth-order valence-corrected chi connectivity index (χ4v) is 4.48. The summed E-state index contributed by atoms with van der Waals surface area (Å²) in [6.45, 7) is 9.31. The van der Waals surface area contributed by atoms with Gasteiger partial charge in [0.25, 0.3) is 0 Å². The molecule has 1 N–H and O–H groups in total. The molecule has 6 nitrogen and oxygen atoms in total. The van der Waals surface area contributed by atoms with E-state index in [0.717, 1.165) is 60.3 Å². The molecule has 2 aromatic heterocycles. The minimum atomic E-state index is 0.764. The van der Waals surface area contributed by atoms with Crippen molar-refractivity contribution >= 4 is 33.8 Å². The van der Waals surface area contributed by atoms with Crippen molar-refractivity contribution in [2.75, 3.05) is 38.6 Å². The highest BCUT2D eigenvalue weighted by molar-refractivity contribution is 7.99. The van der Waals surface area contributed by atoms with E-state index in [0.29, 0.717) is 0 Å². The zero-order chi connectivity index (χ0) is 17.4. The molecule has 0 spiro atoms. The molecule has 1 aliphatic heterocycles. The number of ether oxygens (including phenoxy) is 1. The number of hydrogen-bond donors (Lipinski definition) is 1. The first-order valence-corrected chi connectivity index (χ1v) is 9.76. The van der Waals surface area contributed by atoms with Crippen molar-refractivity contribution in [3.8, 4) is 0 Å². The van der Waals surface area contributed by atoms with Crippen LogP contribution in [0.2, 0.25) is 0 Å². The van der Waals surface area contributed by atoms with Crippen LogP contribution in [0.1, 0.15) is 11.1 Å². The number of morpholine rings is 1. The van der Waals surface area contributed by atoms with Gasteiger partial charge in [0, 0.05) is 12.4 Å². The highest BCUT2D eigenvalue weighted by Crippen LogP contribution is 2.29. The summed E-state index contributed by atoms with van der Waals surface area (Å²) in [7, 11) is 2.06. The van der Waals surface area contributed by atoms with E-state index in [2.05, 4.69) is 47.8 Å². The second-order valence-corrected chi connectivity index (χ2v) is 7.83. The average Bonchev–Trinajstić information content (AvgIpc) is 2.88. The molecule has 132 valence electrons. The van der Waals surface area contributed by atoms with Gasteiger partial charge in [-0.1, -0.05) is 23.4 Å². The maximum Gasteiger partial charge on any atom is 0.211 e. The summed E-state index contributed by atoms with van der Waals surface area (Å²) < 4.78 is 7.55. The number of thioether (sulfide) groups is 1. The van der Waals surface area contributed by atoms with Crippen LogP contribution in [0.3, 0.4) is 0 Å². The smallest absolute Gasteiger partial charge is 0.211 e. The molecule has 7 heteroatoms. The molecule has 25 heavy (non-hydrogen) atoms. The van der Waals surface area contributed by atoms with Gasteiger partial charge in [-0.05, 0) is 25.5 Å². The van der Waals surface area contributed by atoms with Crippen molar-refractivity contribution < 1.29 is 9.64 Å². The van der Waals surface area contributed by atoms with Crippen molar-refractivity contribution in [3.63, 3.8) is 0 Å². The molecule has 0 atom stereocenters. The SMILES string of the molecule is Cc1cc(C)c2c(c1)c1nnc(SCC[NH+]3CCOCC3)nc1n2C. The molecule has 1 aromatic carbocycles. The van der Waals surface area contributed by atoms with Gasteiger partial charge >= 0.3 is 0 Å². The van der Waals surface area contributed by atoms with Crippen LogP contribution in [0.25, 0.3) is 22.1 Å². The van der Waals surface area contributed by atoms with Crippen molar-refractivity contribution in [2.24, 2.45) is 7.05 Å². The average molecular weight is 358 g/mol. The number of nitrogens with one attached hydrogen (secondary N) is 1. The van der Waals surface area contributed by atoms with Gasteiger partial charge in [0.05, 0.1) is 31.0 Å². The maximum absolute atomic E-state index is 5.41. The van der Waals surface area contributed by atoms with Crippen LogP contribution >= 0.6 is 11.8 Å². The second-order valence-electron chi connectivity index (χ2n) is 6.76. The highest BCUT2D eigenvalue weighted by atomic mass is 32.2. The Morgan fingerprint density at radius 3 is 2.80 bits per heavy atom. The number of aromatic nitrogens is 4. The maximum atomic E-state index is 5.41. The highest BCUT2D eigenvalue weighted by Gasteiger charge is 2.16. The minimum Gasteiger partial charge on any atom is -0.370 e. The number of benzene rings is 1. The second kappa shape index (κ2) is 6.90. The summed E-state index contributed by atoms with van der Waals surface area (Å²) in [6.07, 6.45) is 0. The molecule has 1 saturated heterocycles. The first kappa shape index (κ1) is 16.8. The van der Waals surface area contributed by atoms with E-state index in [1.54, 1.807) is 16.7 Å². The van der Waals surface area contributed by atoms with Crippen LogP contribution < -0.4 is 4.90 Å². The topological polar surface area (TPSA) is 57.3 Å². The fraction of sp³-hybridized carbons (Fsp3) is 0.500. The third kappa shape index (κ3) is 3.23.